The first-order chi connectivity index (χ1) is 15.4. The molecule has 0 saturated carbocycles. The fourth-order valence-electron chi connectivity index (χ4n) is 5.16. The van der Waals surface area contributed by atoms with Crippen molar-refractivity contribution < 1.29 is 14.4 Å². The van der Waals surface area contributed by atoms with E-state index in [0.717, 1.165) is 38.9 Å². The summed E-state index contributed by atoms with van der Waals surface area (Å²) >= 11 is 0. The Morgan fingerprint density at radius 2 is 1.84 bits per heavy atom. The van der Waals surface area contributed by atoms with Crippen LogP contribution in [0.15, 0.2) is 30.3 Å². The van der Waals surface area contributed by atoms with E-state index in [1.54, 1.807) is 4.90 Å². The van der Waals surface area contributed by atoms with Crippen LogP contribution in [0.1, 0.15) is 31.2 Å². The monoisotopic (exact) mass is 441 g/mol. The topological polar surface area (TPSA) is 76.2 Å². The molecule has 1 aromatic carbocycles. The third-order valence-corrected chi connectivity index (χ3v) is 7.03. The fraction of sp³-hybridized carbons (Fsp3) is 0.625. The molecule has 3 aliphatic heterocycles. The van der Waals surface area contributed by atoms with Crippen LogP contribution in [0, 0.1) is 0 Å². The number of benzene rings is 1. The largest absolute Gasteiger partial charge is 0.340 e. The van der Waals surface area contributed by atoms with Crippen molar-refractivity contribution in [1.29, 1.82) is 0 Å². The zero-order valence-corrected chi connectivity index (χ0v) is 19.3. The normalized spacial score (nSPS) is 23.8. The molecule has 1 spiro atoms. The number of hydrogen-bond acceptors (Lipinski definition) is 5. The molecule has 3 heterocycles. The summed E-state index contributed by atoms with van der Waals surface area (Å²) in [5, 5.41) is 3.04. The zero-order valence-electron chi connectivity index (χ0n) is 19.3. The number of amides is 4. The van der Waals surface area contributed by atoms with E-state index in [9.17, 15) is 14.4 Å². The van der Waals surface area contributed by atoms with Crippen LogP contribution in [-0.4, -0.2) is 102 Å². The second kappa shape index (κ2) is 9.58. The van der Waals surface area contributed by atoms with Crippen LogP contribution in [-0.2, 0) is 16.0 Å². The molecule has 1 aromatic rings. The maximum Gasteiger partial charge on any atom is 0.325 e. The van der Waals surface area contributed by atoms with Crippen molar-refractivity contribution in [1.82, 2.24) is 24.9 Å². The first-order valence-electron chi connectivity index (χ1n) is 11.7. The average molecular weight is 442 g/mol. The Bertz CT molecular complexity index is 835. The third-order valence-electron chi connectivity index (χ3n) is 7.03. The maximum atomic E-state index is 13.4. The minimum absolute atomic E-state index is 0.0493. The molecule has 8 heteroatoms. The van der Waals surface area contributed by atoms with E-state index in [2.05, 4.69) is 34.5 Å². The first kappa shape index (κ1) is 22.7. The van der Waals surface area contributed by atoms with E-state index >= 15 is 0 Å². The Balaban J connectivity index is 1.34. The van der Waals surface area contributed by atoms with Crippen LogP contribution in [0.4, 0.5) is 4.79 Å². The molecule has 8 nitrogen and oxygen atoms in total. The van der Waals surface area contributed by atoms with Crippen molar-refractivity contribution in [3.63, 3.8) is 0 Å². The quantitative estimate of drug-likeness (QED) is 0.671. The lowest BCUT2D eigenvalue weighted by Gasteiger charge is -2.39. The highest BCUT2D eigenvalue weighted by atomic mass is 16.2. The second-order valence-electron chi connectivity index (χ2n) is 9.64. The van der Waals surface area contributed by atoms with E-state index in [1.165, 1.54) is 10.5 Å². The van der Waals surface area contributed by atoms with Gasteiger partial charge in [0.05, 0.1) is 12.6 Å². The smallest absolute Gasteiger partial charge is 0.325 e. The summed E-state index contributed by atoms with van der Waals surface area (Å²) in [5.41, 5.74) is 0.533. The second-order valence-corrected chi connectivity index (χ2v) is 9.64. The number of nitrogens with one attached hydrogen (secondary N) is 1. The van der Waals surface area contributed by atoms with Gasteiger partial charge >= 0.3 is 6.03 Å². The van der Waals surface area contributed by atoms with Crippen LogP contribution in [0.2, 0.25) is 0 Å². The Morgan fingerprint density at radius 1 is 1.12 bits per heavy atom. The molecule has 0 aliphatic carbocycles. The van der Waals surface area contributed by atoms with Crippen molar-refractivity contribution >= 4 is 17.8 Å². The Labute approximate surface area is 190 Å². The number of imide groups is 1. The number of carbonyl (C=O) groups excluding carboxylic acids is 3. The summed E-state index contributed by atoms with van der Waals surface area (Å²) in [6.45, 7) is 4.02. The molecule has 4 amide bonds. The van der Waals surface area contributed by atoms with Gasteiger partial charge in [0, 0.05) is 32.7 Å². The average Bonchev–Trinajstić information content (AvgIpc) is 3.03. The first-order valence-corrected chi connectivity index (χ1v) is 11.7. The number of rotatable bonds is 6. The van der Waals surface area contributed by atoms with E-state index < -0.39 is 5.54 Å². The lowest BCUT2D eigenvalue weighted by Crippen LogP contribution is -2.56. The third kappa shape index (κ3) is 4.81. The number of likely N-dealkylation sites (tertiary alicyclic amines) is 2. The van der Waals surface area contributed by atoms with Gasteiger partial charge < -0.3 is 20.0 Å². The molecular formula is C24H35N5O3. The number of hydrogen-bond donors (Lipinski definition) is 1. The fourth-order valence-corrected chi connectivity index (χ4v) is 5.16. The molecule has 174 valence electrons. The van der Waals surface area contributed by atoms with E-state index in [1.807, 2.05) is 25.1 Å². The molecule has 0 aromatic heterocycles. The molecule has 0 bridgehead atoms. The van der Waals surface area contributed by atoms with Gasteiger partial charge in [-0.3, -0.25) is 14.5 Å². The summed E-state index contributed by atoms with van der Waals surface area (Å²) < 4.78 is 0. The van der Waals surface area contributed by atoms with Crippen molar-refractivity contribution in [3.05, 3.63) is 35.9 Å². The van der Waals surface area contributed by atoms with Gasteiger partial charge in [0.2, 0.25) is 5.91 Å². The number of nitrogens with zero attached hydrogens (tertiary/aromatic N) is 4. The van der Waals surface area contributed by atoms with Gasteiger partial charge in [-0.15, -0.1) is 0 Å². The lowest BCUT2D eigenvalue weighted by molar-refractivity contribution is -0.139. The number of likely N-dealkylation sites (N-methyl/N-ethyl adjacent to an activating group) is 1. The molecule has 32 heavy (non-hydrogen) atoms. The van der Waals surface area contributed by atoms with Crippen molar-refractivity contribution in [2.24, 2.45) is 0 Å². The highest BCUT2D eigenvalue weighted by Gasteiger charge is 2.54. The molecular weight excluding hydrogens is 406 g/mol. The van der Waals surface area contributed by atoms with Crippen LogP contribution in [0.5, 0.6) is 0 Å². The molecule has 1 atom stereocenters. The summed E-state index contributed by atoms with van der Waals surface area (Å²) in [6, 6.07) is 9.89. The zero-order chi connectivity index (χ0) is 22.7. The molecule has 0 unspecified atom stereocenters. The standard InChI is InChI=1S/C24H35N5O3/c1-26(2)18-21(30)28-13-6-9-20(17-28)29-22(31)24(25-23(29)32)11-15-27(16-12-24)14-10-19-7-4-3-5-8-19/h3-5,7-8,20H,6,9-18H2,1-2H3,(H,25,32)/t20-/m0/s1. The van der Waals surface area contributed by atoms with E-state index in [4.69, 9.17) is 0 Å². The van der Waals surface area contributed by atoms with E-state index in [-0.39, 0.29) is 23.9 Å². The highest BCUT2D eigenvalue weighted by molar-refractivity contribution is 6.07. The predicted octanol–water partition coefficient (Wildman–Crippen LogP) is 1.17. The minimum atomic E-state index is -0.781. The van der Waals surface area contributed by atoms with Crippen molar-refractivity contribution in [2.45, 2.75) is 43.7 Å². The van der Waals surface area contributed by atoms with E-state index in [0.29, 0.717) is 32.5 Å². The molecule has 3 saturated heterocycles. The Kier molecular flexibility index (Phi) is 6.81. The maximum absolute atomic E-state index is 13.4. The summed E-state index contributed by atoms with van der Waals surface area (Å²) in [5.74, 6) is -0.0506. The molecule has 0 radical (unpaired) electrons. The predicted molar refractivity (Wildman–Crippen MR) is 122 cm³/mol. The SMILES string of the molecule is CN(C)CC(=O)N1CCC[C@H](N2C(=O)NC3(CCN(CCc4ccccc4)CC3)C2=O)C1. The highest BCUT2D eigenvalue weighted by Crippen LogP contribution is 2.32. The number of urea groups is 1. The molecule has 1 N–H and O–H groups in total. The minimum Gasteiger partial charge on any atom is -0.340 e. The van der Waals surface area contributed by atoms with Gasteiger partial charge in [0.15, 0.2) is 0 Å². The van der Waals surface area contributed by atoms with Gasteiger partial charge in [-0.1, -0.05) is 30.3 Å². The van der Waals surface area contributed by atoms with Gasteiger partial charge in [-0.05, 0) is 51.8 Å². The summed E-state index contributed by atoms with van der Waals surface area (Å²) in [4.78, 5) is 46.3. The van der Waals surface area contributed by atoms with Gasteiger partial charge in [-0.25, -0.2) is 4.79 Å². The molecule has 3 aliphatic rings. The van der Waals surface area contributed by atoms with Crippen LogP contribution in [0.25, 0.3) is 0 Å². The lowest BCUT2D eigenvalue weighted by atomic mass is 9.87. The number of carbonyl (C=O) groups is 3. The van der Waals surface area contributed by atoms with Crippen molar-refractivity contribution in [3.8, 4) is 0 Å². The van der Waals surface area contributed by atoms with Crippen LogP contribution >= 0.6 is 0 Å². The van der Waals surface area contributed by atoms with Crippen molar-refractivity contribution in [2.75, 3.05) is 53.4 Å². The van der Waals surface area contributed by atoms with Crippen LogP contribution < -0.4 is 5.32 Å². The Hall–Kier alpha value is -2.45. The number of piperidine rings is 2. The summed E-state index contributed by atoms with van der Waals surface area (Å²) in [6.07, 6.45) is 3.82. The molecule has 4 rings (SSSR count). The van der Waals surface area contributed by atoms with Gasteiger partial charge in [0.1, 0.15) is 5.54 Å². The Morgan fingerprint density at radius 3 is 2.53 bits per heavy atom. The van der Waals surface area contributed by atoms with Gasteiger partial charge in [0.25, 0.3) is 5.91 Å². The van der Waals surface area contributed by atoms with Crippen LogP contribution in [0.3, 0.4) is 0 Å². The van der Waals surface area contributed by atoms with Gasteiger partial charge in [-0.2, -0.15) is 0 Å². The molecule has 3 fully saturated rings. The summed E-state index contributed by atoms with van der Waals surface area (Å²) in [7, 11) is 3.74.